The fourth-order valence-electron chi connectivity index (χ4n) is 2.51. The Kier molecular flexibility index (Phi) is 5.85. The van der Waals surface area contributed by atoms with E-state index >= 15 is 0 Å². The second-order valence-electron chi connectivity index (χ2n) is 6.08. The van der Waals surface area contributed by atoms with Crippen LogP contribution in [-0.2, 0) is 0 Å². The second-order valence-corrected chi connectivity index (χ2v) is 6.08. The molecular formula is C20H25NO3. The van der Waals surface area contributed by atoms with Crippen LogP contribution in [0, 0.1) is 0 Å². The summed E-state index contributed by atoms with van der Waals surface area (Å²) in [7, 11) is 3.12. The summed E-state index contributed by atoms with van der Waals surface area (Å²) in [4.78, 5) is 12.6. The molecular weight excluding hydrogens is 302 g/mol. The maximum atomic E-state index is 12.6. The summed E-state index contributed by atoms with van der Waals surface area (Å²) in [5.41, 5.74) is 2.85. The Bertz CT molecular complexity index is 693. The van der Waals surface area contributed by atoms with Crippen molar-refractivity contribution < 1.29 is 14.3 Å². The van der Waals surface area contributed by atoms with Crippen molar-refractivity contribution >= 4 is 5.91 Å². The number of hydrogen-bond acceptors (Lipinski definition) is 3. The first-order chi connectivity index (χ1) is 11.5. The SMILES string of the molecule is COc1ccc(C(=O)NC(C)c2ccc(C(C)C)cc2)c(OC)c1. The summed E-state index contributed by atoms with van der Waals surface area (Å²) in [6.07, 6.45) is 0. The van der Waals surface area contributed by atoms with Crippen molar-refractivity contribution in [1.82, 2.24) is 5.32 Å². The molecule has 0 fully saturated rings. The van der Waals surface area contributed by atoms with Gasteiger partial charge in [-0.05, 0) is 36.1 Å². The molecule has 2 aromatic carbocycles. The van der Waals surface area contributed by atoms with Crippen LogP contribution in [0.2, 0.25) is 0 Å². The van der Waals surface area contributed by atoms with Gasteiger partial charge < -0.3 is 14.8 Å². The van der Waals surface area contributed by atoms with Gasteiger partial charge in [0, 0.05) is 6.07 Å². The van der Waals surface area contributed by atoms with Gasteiger partial charge in [0.25, 0.3) is 5.91 Å². The molecule has 1 N–H and O–H groups in total. The molecule has 1 unspecified atom stereocenters. The van der Waals surface area contributed by atoms with Crippen molar-refractivity contribution in [2.24, 2.45) is 0 Å². The lowest BCUT2D eigenvalue weighted by Crippen LogP contribution is -2.27. The van der Waals surface area contributed by atoms with Gasteiger partial charge in [0.2, 0.25) is 0 Å². The minimum Gasteiger partial charge on any atom is -0.497 e. The first kappa shape index (κ1) is 17.9. The lowest BCUT2D eigenvalue weighted by molar-refractivity contribution is 0.0937. The van der Waals surface area contributed by atoms with E-state index in [0.717, 1.165) is 5.56 Å². The summed E-state index contributed by atoms with van der Waals surface area (Å²) in [6, 6.07) is 13.4. The summed E-state index contributed by atoms with van der Waals surface area (Å²) in [6.45, 7) is 6.30. The Morgan fingerprint density at radius 1 is 0.917 bits per heavy atom. The molecule has 0 aliphatic heterocycles. The molecule has 1 atom stereocenters. The van der Waals surface area contributed by atoms with Crippen LogP contribution in [0.25, 0.3) is 0 Å². The third kappa shape index (κ3) is 4.07. The van der Waals surface area contributed by atoms with Crippen LogP contribution in [-0.4, -0.2) is 20.1 Å². The zero-order chi connectivity index (χ0) is 17.7. The first-order valence-electron chi connectivity index (χ1n) is 8.09. The van der Waals surface area contributed by atoms with Gasteiger partial charge in [-0.3, -0.25) is 4.79 Å². The monoisotopic (exact) mass is 327 g/mol. The maximum Gasteiger partial charge on any atom is 0.255 e. The topological polar surface area (TPSA) is 47.6 Å². The fraction of sp³-hybridized carbons (Fsp3) is 0.350. The molecule has 0 bridgehead atoms. The van der Waals surface area contributed by atoms with Crippen molar-refractivity contribution in [1.29, 1.82) is 0 Å². The van der Waals surface area contributed by atoms with E-state index in [1.807, 2.05) is 6.92 Å². The molecule has 0 aliphatic carbocycles. The van der Waals surface area contributed by atoms with E-state index < -0.39 is 0 Å². The predicted molar refractivity (Wildman–Crippen MR) is 96.0 cm³/mol. The number of hydrogen-bond donors (Lipinski definition) is 1. The highest BCUT2D eigenvalue weighted by Crippen LogP contribution is 2.25. The summed E-state index contributed by atoms with van der Waals surface area (Å²) >= 11 is 0. The quantitative estimate of drug-likeness (QED) is 0.859. The van der Waals surface area contributed by atoms with E-state index in [1.165, 1.54) is 5.56 Å². The van der Waals surface area contributed by atoms with Crippen LogP contribution in [0.4, 0.5) is 0 Å². The Labute approximate surface area is 143 Å². The smallest absolute Gasteiger partial charge is 0.255 e. The van der Waals surface area contributed by atoms with Gasteiger partial charge in [-0.2, -0.15) is 0 Å². The van der Waals surface area contributed by atoms with E-state index in [1.54, 1.807) is 32.4 Å². The van der Waals surface area contributed by atoms with Crippen LogP contribution in [0.15, 0.2) is 42.5 Å². The van der Waals surface area contributed by atoms with Crippen LogP contribution in [0.1, 0.15) is 54.2 Å². The van der Waals surface area contributed by atoms with Gasteiger partial charge in [0.1, 0.15) is 11.5 Å². The number of rotatable bonds is 6. The average molecular weight is 327 g/mol. The molecule has 0 saturated carbocycles. The zero-order valence-corrected chi connectivity index (χ0v) is 14.9. The highest BCUT2D eigenvalue weighted by Gasteiger charge is 2.16. The van der Waals surface area contributed by atoms with Crippen molar-refractivity contribution in [3.05, 3.63) is 59.2 Å². The van der Waals surface area contributed by atoms with Crippen LogP contribution in [0.3, 0.4) is 0 Å². The number of methoxy groups -OCH3 is 2. The van der Waals surface area contributed by atoms with Crippen LogP contribution < -0.4 is 14.8 Å². The molecule has 2 rings (SSSR count). The van der Waals surface area contributed by atoms with Crippen molar-refractivity contribution in [2.75, 3.05) is 14.2 Å². The van der Waals surface area contributed by atoms with E-state index in [9.17, 15) is 4.79 Å². The lowest BCUT2D eigenvalue weighted by atomic mass is 9.99. The number of carbonyl (C=O) groups is 1. The Hall–Kier alpha value is -2.49. The van der Waals surface area contributed by atoms with E-state index in [0.29, 0.717) is 23.0 Å². The molecule has 24 heavy (non-hydrogen) atoms. The molecule has 0 aliphatic rings. The van der Waals surface area contributed by atoms with Gasteiger partial charge >= 0.3 is 0 Å². The fourth-order valence-corrected chi connectivity index (χ4v) is 2.51. The summed E-state index contributed by atoms with van der Waals surface area (Å²) < 4.78 is 10.5. The van der Waals surface area contributed by atoms with Gasteiger partial charge in [-0.15, -0.1) is 0 Å². The molecule has 0 heterocycles. The zero-order valence-electron chi connectivity index (χ0n) is 14.9. The minimum absolute atomic E-state index is 0.0921. The normalized spacial score (nSPS) is 11.9. The standard InChI is InChI=1S/C20H25NO3/c1-13(2)15-6-8-16(9-7-15)14(3)21-20(22)18-11-10-17(23-4)12-19(18)24-5/h6-14H,1-5H3,(H,21,22). The van der Waals surface area contributed by atoms with Crippen LogP contribution in [0.5, 0.6) is 11.5 Å². The molecule has 128 valence electrons. The molecule has 4 nitrogen and oxygen atoms in total. The molecule has 0 saturated heterocycles. The van der Waals surface area contributed by atoms with E-state index in [-0.39, 0.29) is 11.9 Å². The Balaban J connectivity index is 2.13. The summed E-state index contributed by atoms with van der Waals surface area (Å²) in [5.74, 6) is 1.47. The van der Waals surface area contributed by atoms with Gasteiger partial charge in [-0.1, -0.05) is 38.1 Å². The number of ether oxygens (including phenoxy) is 2. The van der Waals surface area contributed by atoms with Crippen molar-refractivity contribution in [3.63, 3.8) is 0 Å². The molecule has 4 heteroatoms. The Morgan fingerprint density at radius 3 is 2.08 bits per heavy atom. The largest absolute Gasteiger partial charge is 0.497 e. The predicted octanol–water partition coefficient (Wildman–Crippen LogP) is 4.32. The van der Waals surface area contributed by atoms with Crippen molar-refractivity contribution in [3.8, 4) is 11.5 Å². The number of benzene rings is 2. The number of carbonyl (C=O) groups excluding carboxylic acids is 1. The highest BCUT2D eigenvalue weighted by molar-refractivity contribution is 5.97. The second kappa shape index (κ2) is 7.86. The van der Waals surface area contributed by atoms with E-state index in [4.69, 9.17) is 9.47 Å². The third-order valence-electron chi connectivity index (χ3n) is 4.10. The molecule has 1 amide bonds. The average Bonchev–Trinajstić information content (AvgIpc) is 2.60. The third-order valence-corrected chi connectivity index (χ3v) is 4.10. The lowest BCUT2D eigenvalue weighted by Gasteiger charge is -2.17. The highest BCUT2D eigenvalue weighted by atomic mass is 16.5. The van der Waals surface area contributed by atoms with Crippen molar-refractivity contribution in [2.45, 2.75) is 32.7 Å². The van der Waals surface area contributed by atoms with Gasteiger partial charge in [0.05, 0.1) is 25.8 Å². The first-order valence-corrected chi connectivity index (χ1v) is 8.09. The minimum atomic E-state index is -0.171. The molecule has 0 radical (unpaired) electrons. The van der Waals surface area contributed by atoms with Crippen LogP contribution >= 0.6 is 0 Å². The summed E-state index contributed by atoms with van der Waals surface area (Å²) in [5, 5.41) is 3.01. The molecule has 2 aromatic rings. The van der Waals surface area contributed by atoms with E-state index in [2.05, 4.69) is 43.4 Å². The molecule has 0 aromatic heterocycles. The maximum absolute atomic E-state index is 12.6. The number of nitrogens with one attached hydrogen (secondary N) is 1. The number of amides is 1. The van der Waals surface area contributed by atoms with Gasteiger partial charge in [-0.25, -0.2) is 0 Å². The van der Waals surface area contributed by atoms with Gasteiger partial charge in [0.15, 0.2) is 0 Å². The molecule has 0 spiro atoms. The Morgan fingerprint density at radius 2 is 1.54 bits per heavy atom.